The molecule has 1 amide bonds. The Morgan fingerprint density at radius 2 is 2.00 bits per heavy atom. The summed E-state index contributed by atoms with van der Waals surface area (Å²) in [6, 6.07) is 7.27. The first kappa shape index (κ1) is 20.6. The summed E-state index contributed by atoms with van der Waals surface area (Å²) in [5, 5.41) is 12.3. The van der Waals surface area contributed by atoms with E-state index in [0.29, 0.717) is 29.7 Å². The van der Waals surface area contributed by atoms with Crippen molar-refractivity contribution in [3.8, 4) is 0 Å². The van der Waals surface area contributed by atoms with E-state index in [4.69, 9.17) is 0 Å². The van der Waals surface area contributed by atoms with Gasteiger partial charge in [-0.2, -0.15) is 5.10 Å². The average molecular weight is 463 g/mol. The third-order valence-electron chi connectivity index (χ3n) is 4.05. The lowest BCUT2D eigenvalue weighted by Crippen LogP contribution is -2.27. The highest BCUT2D eigenvalue weighted by Crippen LogP contribution is 2.23. The summed E-state index contributed by atoms with van der Waals surface area (Å²) in [5.41, 5.74) is 1.39. The van der Waals surface area contributed by atoms with Crippen LogP contribution in [0.2, 0.25) is 0 Å². The van der Waals surface area contributed by atoms with Crippen molar-refractivity contribution >= 4 is 50.5 Å². The maximum absolute atomic E-state index is 12.3. The lowest BCUT2D eigenvalue weighted by molar-refractivity contribution is 0.0952. The monoisotopic (exact) mass is 462 g/mol. The lowest BCUT2D eigenvalue weighted by atomic mass is 10.2. The average Bonchev–Trinajstić information content (AvgIpc) is 3.09. The SMILES string of the molecule is CSc1nc(NCC(C)C)c2cnn(CCNC(=O)c3ccc(Br)cc3)c2n1. The van der Waals surface area contributed by atoms with Crippen LogP contribution in [0.3, 0.4) is 0 Å². The summed E-state index contributed by atoms with van der Waals surface area (Å²) in [7, 11) is 0. The van der Waals surface area contributed by atoms with Gasteiger partial charge >= 0.3 is 0 Å². The number of hydrogen-bond acceptors (Lipinski definition) is 6. The molecule has 0 saturated carbocycles. The molecule has 0 fully saturated rings. The van der Waals surface area contributed by atoms with Gasteiger partial charge in [-0.15, -0.1) is 0 Å². The van der Waals surface area contributed by atoms with Crippen LogP contribution in [0.4, 0.5) is 5.82 Å². The van der Waals surface area contributed by atoms with Crippen LogP contribution in [0.15, 0.2) is 40.1 Å². The van der Waals surface area contributed by atoms with Crippen LogP contribution in [0.1, 0.15) is 24.2 Å². The van der Waals surface area contributed by atoms with Crippen molar-refractivity contribution in [2.24, 2.45) is 5.92 Å². The molecule has 0 bridgehead atoms. The Hall–Kier alpha value is -2.13. The Kier molecular flexibility index (Phi) is 6.90. The molecule has 0 spiro atoms. The van der Waals surface area contributed by atoms with Crippen molar-refractivity contribution in [3.63, 3.8) is 0 Å². The standard InChI is InChI=1S/C19H23BrN6OS/c1-12(2)10-22-16-15-11-23-26(17(15)25-19(24-16)28-3)9-8-21-18(27)13-4-6-14(20)7-5-13/h4-7,11-12H,8-10H2,1-3H3,(H,21,27)(H,22,24,25). The Morgan fingerprint density at radius 1 is 1.25 bits per heavy atom. The number of hydrogen-bond donors (Lipinski definition) is 2. The number of amides is 1. The molecule has 148 valence electrons. The quantitative estimate of drug-likeness (QED) is 0.391. The van der Waals surface area contributed by atoms with E-state index in [9.17, 15) is 4.79 Å². The fraction of sp³-hybridized carbons (Fsp3) is 0.368. The smallest absolute Gasteiger partial charge is 0.251 e. The number of rotatable bonds is 8. The third kappa shape index (κ3) is 5.02. The number of anilines is 1. The van der Waals surface area contributed by atoms with Crippen LogP contribution >= 0.6 is 27.7 Å². The molecule has 0 unspecified atom stereocenters. The molecule has 0 aliphatic carbocycles. The first-order valence-electron chi connectivity index (χ1n) is 9.03. The number of carbonyl (C=O) groups is 1. The molecular formula is C19H23BrN6OS. The molecule has 0 saturated heterocycles. The van der Waals surface area contributed by atoms with E-state index >= 15 is 0 Å². The minimum Gasteiger partial charge on any atom is -0.369 e. The summed E-state index contributed by atoms with van der Waals surface area (Å²) in [6.07, 6.45) is 3.73. The van der Waals surface area contributed by atoms with Gasteiger partial charge in [-0.25, -0.2) is 14.6 Å². The number of halogens is 1. The number of carbonyl (C=O) groups excluding carboxylic acids is 1. The van der Waals surface area contributed by atoms with E-state index < -0.39 is 0 Å². The largest absolute Gasteiger partial charge is 0.369 e. The van der Waals surface area contributed by atoms with Crippen LogP contribution in [-0.2, 0) is 6.54 Å². The molecule has 1 aromatic carbocycles. The van der Waals surface area contributed by atoms with Gasteiger partial charge in [-0.1, -0.05) is 41.5 Å². The van der Waals surface area contributed by atoms with E-state index in [2.05, 4.69) is 55.5 Å². The number of thioether (sulfide) groups is 1. The van der Waals surface area contributed by atoms with Crippen LogP contribution in [0.25, 0.3) is 11.0 Å². The second-order valence-corrected chi connectivity index (χ2v) is 8.39. The molecule has 7 nitrogen and oxygen atoms in total. The Balaban J connectivity index is 1.71. The van der Waals surface area contributed by atoms with Crippen molar-refractivity contribution in [1.82, 2.24) is 25.1 Å². The maximum atomic E-state index is 12.3. The van der Waals surface area contributed by atoms with Crippen molar-refractivity contribution in [3.05, 3.63) is 40.5 Å². The first-order chi connectivity index (χ1) is 13.5. The zero-order valence-corrected chi connectivity index (χ0v) is 18.5. The van der Waals surface area contributed by atoms with E-state index in [1.165, 1.54) is 11.8 Å². The van der Waals surface area contributed by atoms with Gasteiger partial charge < -0.3 is 10.6 Å². The second kappa shape index (κ2) is 9.38. The van der Waals surface area contributed by atoms with Gasteiger partial charge in [0.15, 0.2) is 10.8 Å². The highest BCUT2D eigenvalue weighted by Gasteiger charge is 2.13. The Labute approximate surface area is 176 Å². The molecule has 0 radical (unpaired) electrons. The molecule has 28 heavy (non-hydrogen) atoms. The summed E-state index contributed by atoms with van der Waals surface area (Å²) in [5.74, 6) is 1.20. The molecule has 9 heteroatoms. The zero-order valence-electron chi connectivity index (χ0n) is 16.1. The number of nitrogens with one attached hydrogen (secondary N) is 2. The Morgan fingerprint density at radius 3 is 2.68 bits per heavy atom. The normalized spacial score (nSPS) is 11.2. The molecule has 2 aromatic heterocycles. The molecule has 0 atom stereocenters. The summed E-state index contributed by atoms with van der Waals surface area (Å²) < 4.78 is 2.75. The van der Waals surface area contributed by atoms with Gasteiger partial charge in [0, 0.05) is 23.1 Å². The van der Waals surface area contributed by atoms with Gasteiger partial charge in [0.25, 0.3) is 5.91 Å². The van der Waals surface area contributed by atoms with Crippen molar-refractivity contribution in [1.29, 1.82) is 0 Å². The zero-order chi connectivity index (χ0) is 20.1. The van der Waals surface area contributed by atoms with Crippen LogP contribution < -0.4 is 10.6 Å². The summed E-state index contributed by atoms with van der Waals surface area (Å²) in [6.45, 7) is 6.12. The number of fused-ring (bicyclic) bond motifs is 1. The molecule has 2 heterocycles. The second-order valence-electron chi connectivity index (χ2n) is 6.70. The number of aromatic nitrogens is 4. The molecule has 3 rings (SSSR count). The van der Waals surface area contributed by atoms with Crippen molar-refractivity contribution in [2.45, 2.75) is 25.5 Å². The molecule has 3 aromatic rings. The van der Waals surface area contributed by atoms with E-state index in [1.807, 2.05) is 18.4 Å². The maximum Gasteiger partial charge on any atom is 0.251 e. The van der Waals surface area contributed by atoms with Gasteiger partial charge in [0.1, 0.15) is 5.82 Å². The first-order valence-corrected chi connectivity index (χ1v) is 11.0. The molecule has 2 N–H and O–H groups in total. The highest BCUT2D eigenvalue weighted by molar-refractivity contribution is 9.10. The van der Waals surface area contributed by atoms with Gasteiger partial charge in [-0.05, 0) is 36.4 Å². The molecular weight excluding hydrogens is 440 g/mol. The predicted octanol–water partition coefficient (Wildman–Crippen LogP) is 3.81. The highest BCUT2D eigenvalue weighted by atomic mass is 79.9. The van der Waals surface area contributed by atoms with E-state index in [0.717, 1.165) is 27.9 Å². The Bertz CT molecular complexity index is 957. The van der Waals surface area contributed by atoms with Crippen molar-refractivity contribution in [2.75, 3.05) is 24.7 Å². The van der Waals surface area contributed by atoms with Crippen LogP contribution in [0, 0.1) is 5.92 Å². The topological polar surface area (TPSA) is 84.7 Å². The van der Waals surface area contributed by atoms with Crippen LogP contribution in [0.5, 0.6) is 0 Å². The fourth-order valence-corrected chi connectivity index (χ4v) is 3.23. The molecule has 0 aliphatic rings. The van der Waals surface area contributed by atoms with Gasteiger partial charge in [0.05, 0.1) is 18.1 Å². The van der Waals surface area contributed by atoms with Crippen molar-refractivity contribution < 1.29 is 4.79 Å². The fourth-order valence-electron chi connectivity index (χ4n) is 2.60. The number of benzene rings is 1. The van der Waals surface area contributed by atoms with Crippen LogP contribution in [-0.4, -0.2) is 45.0 Å². The predicted molar refractivity (Wildman–Crippen MR) is 117 cm³/mol. The van der Waals surface area contributed by atoms with E-state index in [-0.39, 0.29) is 5.91 Å². The number of nitrogens with zero attached hydrogens (tertiary/aromatic N) is 4. The minimum absolute atomic E-state index is 0.109. The third-order valence-corrected chi connectivity index (χ3v) is 5.13. The van der Waals surface area contributed by atoms with E-state index in [1.54, 1.807) is 23.0 Å². The van der Waals surface area contributed by atoms with Gasteiger partial charge in [0.2, 0.25) is 0 Å². The minimum atomic E-state index is -0.109. The van der Waals surface area contributed by atoms with Gasteiger partial charge in [-0.3, -0.25) is 4.79 Å². The lowest BCUT2D eigenvalue weighted by Gasteiger charge is -2.11. The molecule has 0 aliphatic heterocycles. The summed E-state index contributed by atoms with van der Waals surface area (Å²) in [4.78, 5) is 21.4. The summed E-state index contributed by atoms with van der Waals surface area (Å²) >= 11 is 4.86.